The lowest BCUT2D eigenvalue weighted by molar-refractivity contribution is 0.0965. The number of imide groups is 1. The first-order chi connectivity index (χ1) is 10.5. The molecule has 0 fully saturated rings. The van der Waals surface area contributed by atoms with Gasteiger partial charge in [0, 0.05) is 21.9 Å². The van der Waals surface area contributed by atoms with Crippen LogP contribution in [0.4, 0.5) is 10.5 Å². The Morgan fingerprint density at radius 3 is 2.50 bits per heavy atom. The highest BCUT2D eigenvalue weighted by atomic mass is 79.9. The number of nitrogens with two attached hydrogens (primary N) is 1. The van der Waals surface area contributed by atoms with Crippen molar-refractivity contribution in [1.82, 2.24) is 10.6 Å². The third-order valence-corrected chi connectivity index (χ3v) is 3.23. The van der Waals surface area contributed by atoms with Gasteiger partial charge in [0.1, 0.15) is 0 Å². The normalized spacial score (nSPS) is 10.4. The molecule has 0 aromatic heterocycles. The molecule has 0 unspecified atom stereocenters. The number of hydrogen-bond donors (Lipinski definition) is 3. The summed E-state index contributed by atoms with van der Waals surface area (Å²) < 4.78 is 0.942. The number of hydrogen-bond acceptors (Lipinski definition) is 3. The molecule has 0 radical (unpaired) electrons. The zero-order valence-electron chi connectivity index (χ0n) is 11.5. The van der Waals surface area contributed by atoms with Gasteiger partial charge in [-0.15, -0.1) is 0 Å². The molecule has 0 aliphatic carbocycles. The molecule has 0 atom stereocenters. The molecule has 5 nitrogen and oxygen atoms in total. The van der Waals surface area contributed by atoms with Gasteiger partial charge in [0.2, 0.25) is 0 Å². The van der Waals surface area contributed by atoms with Crippen molar-refractivity contribution in [3.8, 4) is 0 Å². The number of carbonyl (C=O) groups is 2. The lowest BCUT2D eigenvalue weighted by atomic mass is 10.2. The Hall–Kier alpha value is -2.60. The zero-order chi connectivity index (χ0) is 15.9. The first-order valence-corrected chi connectivity index (χ1v) is 7.23. The van der Waals surface area contributed by atoms with Gasteiger partial charge in [-0.1, -0.05) is 28.1 Å². The average Bonchev–Trinajstić information content (AvgIpc) is 2.48. The van der Waals surface area contributed by atoms with Crippen LogP contribution in [0.5, 0.6) is 0 Å². The van der Waals surface area contributed by atoms with E-state index in [0.717, 1.165) is 10.0 Å². The fourth-order valence-corrected chi connectivity index (χ4v) is 2.09. The Morgan fingerprint density at radius 1 is 1.09 bits per heavy atom. The fourth-order valence-electron chi connectivity index (χ4n) is 1.67. The van der Waals surface area contributed by atoms with Crippen LogP contribution in [0.3, 0.4) is 0 Å². The van der Waals surface area contributed by atoms with E-state index in [4.69, 9.17) is 5.73 Å². The molecular formula is C16H14BrN3O2. The second kappa shape index (κ2) is 7.42. The Balaban J connectivity index is 1.87. The standard InChI is InChI=1S/C16H14BrN3O2/c17-13-3-1-2-11(10-13)8-9-19-16(22)20-15(21)12-4-6-14(18)7-5-12/h1-10H,18H2,(H2,19,20,21,22)/b9-8+. The molecule has 0 heterocycles. The molecular weight excluding hydrogens is 346 g/mol. The smallest absolute Gasteiger partial charge is 0.325 e. The van der Waals surface area contributed by atoms with E-state index in [-0.39, 0.29) is 0 Å². The van der Waals surface area contributed by atoms with Crippen molar-refractivity contribution >= 4 is 39.6 Å². The van der Waals surface area contributed by atoms with Crippen LogP contribution in [-0.4, -0.2) is 11.9 Å². The van der Waals surface area contributed by atoms with Gasteiger partial charge in [-0.05, 0) is 48.0 Å². The minimum Gasteiger partial charge on any atom is -0.399 e. The number of rotatable bonds is 3. The number of nitrogen functional groups attached to an aromatic ring is 1. The first-order valence-electron chi connectivity index (χ1n) is 6.44. The van der Waals surface area contributed by atoms with Crippen LogP contribution < -0.4 is 16.4 Å². The van der Waals surface area contributed by atoms with E-state index < -0.39 is 11.9 Å². The number of nitrogens with one attached hydrogen (secondary N) is 2. The SMILES string of the molecule is Nc1ccc(C(=O)NC(=O)N/C=C/c2cccc(Br)c2)cc1. The van der Waals surface area contributed by atoms with Crippen molar-refractivity contribution in [1.29, 1.82) is 0 Å². The number of urea groups is 1. The van der Waals surface area contributed by atoms with Crippen LogP contribution in [0, 0.1) is 0 Å². The number of carbonyl (C=O) groups excluding carboxylic acids is 2. The molecule has 22 heavy (non-hydrogen) atoms. The third-order valence-electron chi connectivity index (χ3n) is 2.74. The molecule has 112 valence electrons. The Bertz CT molecular complexity index is 712. The van der Waals surface area contributed by atoms with E-state index >= 15 is 0 Å². The number of amides is 3. The van der Waals surface area contributed by atoms with Crippen LogP contribution >= 0.6 is 15.9 Å². The lowest BCUT2D eigenvalue weighted by Crippen LogP contribution is -2.36. The molecule has 4 N–H and O–H groups in total. The molecule has 0 bridgehead atoms. The van der Waals surface area contributed by atoms with Crippen LogP contribution in [0.25, 0.3) is 6.08 Å². The largest absolute Gasteiger partial charge is 0.399 e. The first kappa shape index (κ1) is 15.8. The number of benzene rings is 2. The Kier molecular flexibility index (Phi) is 5.32. The summed E-state index contributed by atoms with van der Waals surface area (Å²) >= 11 is 3.36. The molecule has 6 heteroatoms. The second-order valence-electron chi connectivity index (χ2n) is 4.44. The van der Waals surface area contributed by atoms with Crippen LogP contribution in [0.1, 0.15) is 15.9 Å². The van der Waals surface area contributed by atoms with Crippen molar-refractivity contribution in [3.63, 3.8) is 0 Å². The summed E-state index contributed by atoms with van der Waals surface area (Å²) in [5.41, 5.74) is 7.37. The third kappa shape index (κ3) is 4.75. The highest BCUT2D eigenvalue weighted by Crippen LogP contribution is 2.12. The molecule has 0 saturated carbocycles. The quantitative estimate of drug-likeness (QED) is 0.736. The summed E-state index contributed by atoms with van der Waals surface area (Å²) in [7, 11) is 0. The van der Waals surface area contributed by atoms with Gasteiger partial charge >= 0.3 is 6.03 Å². The molecule has 0 aliphatic heterocycles. The molecule has 2 aromatic carbocycles. The maximum absolute atomic E-state index is 11.8. The predicted molar refractivity (Wildman–Crippen MR) is 90.0 cm³/mol. The van der Waals surface area contributed by atoms with E-state index in [1.165, 1.54) is 6.20 Å². The molecule has 2 aromatic rings. The van der Waals surface area contributed by atoms with Crippen LogP contribution in [0.15, 0.2) is 59.2 Å². The number of anilines is 1. The van der Waals surface area contributed by atoms with Gasteiger partial charge in [-0.2, -0.15) is 0 Å². The maximum atomic E-state index is 11.8. The highest BCUT2D eigenvalue weighted by molar-refractivity contribution is 9.10. The van der Waals surface area contributed by atoms with E-state index in [0.29, 0.717) is 11.3 Å². The van der Waals surface area contributed by atoms with Gasteiger partial charge in [-0.25, -0.2) is 4.79 Å². The summed E-state index contributed by atoms with van der Waals surface area (Å²) in [6.45, 7) is 0. The van der Waals surface area contributed by atoms with E-state index in [1.807, 2.05) is 24.3 Å². The summed E-state index contributed by atoms with van der Waals surface area (Å²) in [6.07, 6.45) is 3.19. The fraction of sp³-hybridized carbons (Fsp3) is 0. The van der Waals surface area contributed by atoms with Gasteiger partial charge in [0.15, 0.2) is 0 Å². The monoisotopic (exact) mass is 359 g/mol. The minimum absolute atomic E-state index is 0.361. The van der Waals surface area contributed by atoms with Gasteiger partial charge in [0.25, 0.3) is 5.91 Å². The zero-order valence-corrected chi connectivity index (χ0v) is 13.1. The molecule has 0 aliphatic rings. The summed E-state index contributed by atoms with van der Waals surface area (Å²) in [5.74, 6) is -0.492. The number of halogens is 1. The van der Waals surface area contributed by atoms with Crippen molar-refractivity contribution in [2.24, 2.45) is 0 Å². The van der Waals surface area contributed by atoms with E-state index in [2.05, 4.69) is 26.6 Å². The lowest BCUT2D eigenvalue weighted by Gasteiger charge is -2.04. The topological polar surface area (TPSA) is 84.2 Å². The van der Waals surface area contributed by atoms with Crippen LogP contribution in [0.2, 0.25) is 0 Å². The van der Waals surface area contributed by atoms with Crippen LogP contribution in [-0.2, 0) is 0 Å². The van der Waals surface area contributed by atoms with E-state index in [1.54, 1.807) is 30.3 Å². The van der Waals surface area contributed by atoms with Gasteiger partial charge in [-0.3, -0.25) is 10.1 Å². The summed E-state index contributed by atoms with van der Waals surface area (Å²) in [4.78, 5) is 23.4. The second-order valence-corrected chi connectivity index (χ2v) is 5.35. The van der Waals surface area contributed by atoms with Gasteiger partial charge < -0.3 is 11.1 Å². The molecule has 0 spiro atoms. The molecule has 2 rings (SSSR count). The highest BCUT2D eigenvalue weighted by Gasteiger charge is 2.08. The molecule has 3 amide bonds. The van der Waals surface area contributed by atoms with E-state index in [9.17, 15) is 9.59 Å². The Morgan fingerprint density at radius 2 is 1.82 bits per heavy atom. The molecule has 0 saturated heterocycles. The van der Waals surface area contributed by atoms with Crippen molar-refractivity contribution in [2.45, 2.75) is 0 Å². The van der Waals surface area contributed by atoms with Gasteiger partial charge in [0.05, 0.1) is 0 Å². The summed E-state index contributed by atoms with van der Waals surface area (Å²) in [6, 6.07) is 13.3. The minimum atomic E-state index is -0.604. The van der Waals surface area contributed by atoms with Crippen molar-refractivity contribution in [2.75, 3.05) is 5.73 Å². The van der Waals surface area contributed by atoms with Crippen molar-refractivity contribution < 1.29 is 9.59 Å². The summed E-state index contributed by atoms with van der Waals surface area (Å²) in [5, 5.41) is 4.69. The van der Waals surface area contributed by atoms with Crippen molar-refractivity contribution in [3.05, 3.63) is 70.3 Å². The predicted octanol–water partition coefficient (Wildman–Crippen LogP) is 3.14. The maximum Gasteiger partial charge on any atom is 0.325 e. The average molecular weight is 360 g/mol. The Labute approximate surface area is 136 Å².